The van der Waals surface area contributed by atoms with Crippen molar-refractivity contribution in [3.63, 3.8) is 0 Å². The maximum absolute atomic E-state index is 14.0. The molecule has 0 saturated carbocycles. The summed E-state index contributed by atoms with van der Waals surface area (Å²) in [5.74, 6) is -2.14. The Labute approximate surface area is 129 Å². The van der Waals surface area contributed by atoms with Crippen LogP contribution < -0.4 is 10.5 Å². The average molecular weight is 357 g/mol. The SMILES string of the molecule is CC(CNC(=O)c1cc(Cl)cc(S(N)(=O)=O)c1F)S(C)=O. The zero-order chi connectivity index (χ0) is 16.4. The summed E-state index contributed by atoms with van der Waals surface area (Å²) in [6.45, 7) is 1.68. The molecule has 1 amide bonds. The smallest absolute Gasteiger partial charge is 0.254 e. The van der Waals surface area contributed by atoms with Gasteiger partial charge in [0.15, 0.2) is 5.82 Å². The van der Waals surface area contributed by atoms with Gasteiger partial charge < -0.3 is 5.32 Å². The van der Waals surface area contributed by atoms with Gasteiger partial charge in [0.25, 0.3) is 5.91 Å². The molecule has 3 N–H and O–H groups in total. The van der Waals surface area contributed by atoms with Crippen LogP contribution in [0.4, 0.5) is 4.39 Å². The molecule has 0 aliphatic rings. The van der Waals surface area contributed by atoms with E-state index in [-0.39, 0.29) is 16.8 Å². The number of carbonyl (C=O) groups excluding carboxylic acids is 1. The number of carbonyl (C=O) groups is 1. The van der Waals surface area contributed by atoms with E-state index in [1.807, 2.05) is 0 Å². The molecule has 0 radical (unpaired) electrons. The molecule has 6 nitrogen and oxygen atoms in total. The maximum Gasteiger partial charge on any atom is 0.254 e. The van der Waals surface area contributed by atoms with Crippen LogP contribution in [0.2, 0.25) is 5.02 Å². The van der Waals surface area contributed by atoms with E-state index in [0.29, 0.717) is 0 Å². The van der Waals surface area contributed by atoms with Gasteiger partial charge in [-0.05, 0) is 19.1 Å². The molecule has 0 fully saturated rings. The third kappa shape index (κ3) is 4.73. The average Bonchev–Trinajstić information content (AvgIpc) is 2.36. The summed E-state index contributed by atoms with van der Waals surface area (Å²) in [5, 5.41) is 6.74. The number of benzene rings is 1. The van der Waals surface area contributed by atoms with Crippen LogP contribution in [0.3, 0.4) is 0 Å². The monoisotopic (exact) mass is 356 g/mol. The Morgan fingerprint density at radius 1 is 1.52 bits per heavy atom. The first-order chi connectivity index (χ1) is 9.54. The van der Waals surface area contributed by atoms with E-state index in [0.717, 1.165) is 12.1 Å². The van der Waals surface area contributed by atoms with E-state index in [1.54, 1.807) is 6.92 Å². The van der Waals surface area contributed by atoms with Gasteiger partial charge in [-0.1, -0.05) is 11.6 Å². The van der Waals surface area contributed by atoms with Crippen molar-refractivity contribution in [2.75, 3.05) is 12.8 Å². The highest BCUT2D eigenvalue weighted by Gasteiger charge is 2.23. The van der Waals surface area contributed by atoms with Crippen molar-refractivity contribution in [3.05, 3.63) is 28.5 Å². The number of amides is 1. The molecule has 0 spiro atoms. The molecule has 0 aliphatic heterocycles. The van der Waals surface area contributed by atoms with Gasteiger partial charge in [-0.25, -0.2) is 17.9 Å². The van der Waals surface area contributed by atoms with Gasteiger partial charge >= 0.3 is 0 Å². The third-order valence-electron chi connectivity index (χ3n) is 2.67. The molecule has 1 rings (SSSR count). The summed E-state index contributed by atoms with van der Waals surface area (Å²) in [6, 6.07) is 1.82. The van der Waals surface area contributed by atoms with Crippen LogP contribution in [-0.2, 0) is 20.8 Å². The number of hydrogen-bond acceptors (Lipinski definition) is 4. The Hall–Kier alpha value is -1.03. The van der Waals surface area contributed by atoms with Crippen molar-refractivity contribution < 1.29 is 21.8 Å². The predicted octanol–water partition coefficient (Wildman–Crippen LogP) is 0.623. The first kappa shape index (κ1) is 18.0. The summed E-state index contributed by atoms with van der Waals surface area (Å²) < 4.78 is 47.7. The minimum Gasteiger partial charge on any atom is -0.351 e. The fraction of sp³-hybridized carbons (Fsp3) is 0.364. The Morgan fingerprint density at radius 2 is 2.10 bits per heavy atom. The molecule has 0 aromatic heterocycles. The number of halogens is 2. The molecule has 1 aromatic carbocycles. The van der Waals surface area contributed by atoms with Crippen LogP contribution in [0.5, 0.6) is 0 Å². The van der Waals surface area contributed by atoms with E-state index >= 15 is 0 Å². The highest BCUT2D eigenvalue weighted by molar-refractivity contribution is 7.89. The number of sulfonamides is 1. The van der Waals surface area contributed by atoms with Gasteiger partial charge in [0, 0.05) is 33.9 Å². The fourth-order valence-electron chi connectivity index (χ4n) is 1.39. The van der Waals surface area contributed by atoms with Gasteiger partial charge in [0.1, 0.15) is 4.90 Å². The summed E-state index contributed by atoms with van der Waals surface area (Å²) >= 11 is 5.67. The molecule has 2 atom stereocenters. The van der Waals surface area contributed by atoms with E-state index in [4.69, 9.17) is 16.7 Å². The zero-order valence-corrected chi connectivity index (χ0v) is 13.6. The highest BCUT2D eigenvalue weighted by Crippen LogP contribution is 2.22. The number of nitrogens with two attached hydrogens (primary N) is 1. The molecular formula is C11H14ClFN2O4S2. The molecule has 0 aliphatic carbocycles. The van der Waals surface area contributed by atoms with Gasteiger partial charge in [0.05, 0.1) is 5.56 Å². The number of nitrogens with one attached hydrogen (secondary N) is 1. The molecule has 0 saturated heterocycles. The summed E-state index contributed by atoms with van der Waals surface area (Å²) in [5.41, 5.74) is -0.541. The number of hydrogen-bond donors (Lipinski definition) is 2. The fourth-order valence-corrected chi connectivity index (χ4v) is 2.64. The third-order valence-corrected chi connectivity index (χ3v) is 5.10. The Kier molecular flexibility index (Phi) is 5.85. The van der Waals surface area contributed by atoms with Crippen LogP contribution >= 0.6 is 11.6 Å². The molecule has 1 aromatic rings. The minimum atomic E-state index is -4.34. The van der Waals surface area contributed by atoms with Crippen LogP contribution in [0, 0.1) is 5.82 Å². The summed E-state index contributed by atoms with van der Waals surface area (Å²) in [6.07, 6.45) is 1.47. The van der Waals surface area contributed by atoms with E-state index in [2.05, 4.69) is 5.32 Å². The number of rotatable bonds is 5. The molecular weight excluding hydrogens is 343 g/mol. The van der Waals surface area contributed by atoms with E-state index in [9.17, 15) is 21.8 Å². The van der Waals surface area contributed by atoms with Crippen LogP contribution in [0.25, 0.3) is 0 Å². The van der Waals surface area contributed by atoms with Crippen LogP contribution in [0.1, 0.15) is 17.3 Å². The van der Waals surface area contributed by atoms with Crippen molar-refractivity contribution in [2.24, 2.45) is 5.14 Å². The van der Waals surface area contributed by atoms with Gasteiger partial charge in [0.2, 0.25) is 10.0 Å². The van der Waals surface area contributed by atoms with E-state index in [1.165, 1.54) is 6.26 Å². The lowest BCUT2D eigenvalue weighted by atomic mass is 10.2. The minimum absolute atomic E-state index is 0.0403. The summed E-state index contributed by atoms with van der Waals surface area (Å²) in [4.78, 5) is 11.0. The second-order valence-corrected chi connectivity index (χ2v) is 8.10. The second-order valence-electron chi connectivity index (χ2n) is 4.33. The Bertz CT molecular complexity index is 694. The predicted molar refractivity (Wildman–Crippen MR) is 78.6 cm³/mol. The Morgan fingerprint density at radius 3 is 2.57 bits per heavy atom. The van der Waals surface area contributed by atoms with Gasteiger partial charge in [-0.3, -0.25) is 9.00 Å². The largest absolute Gasteiger partial charge is 0.351 e. The lowest BCUT2D eigenvalue weighted by Gasteiger charge is -2.12. The van der Waals surface area contributed by atoms with Crippen LogP contribution in [-0.4, -0.2) is 36.6 Å². The quantitative estimate of drug-likeness (QED) is 0.806. The van der Waals surface area contributed by atoms with E-state index < -0.39 is 43.0 Å². The van der Waals surface area contributed by atoms with Crippen molar-refractivity contribution >= 4 is 38.3 Å². The first-order valence-electron chi connectivity index (χ1n) is 5.66. The van der Waals surface area contributed by atoms with Crippen molar-refractivity contribution in [1.29, 1.82) is 0 Å². The lowest BCUT2D eigenvalue weighted by molar-refractivity contribution is 0.0949. The first-order valence-corrected chi connectivity index (χ1v) is 9.21. The summed E-state index contributed by atoms with van der Waals surface area (Å²) in [7, 11) is -5.51. The normalized spacial score (nSPS) is 14.5. The Balaban J connectivity index is 3.11. The van der Waals surface area contributed by atoms with Crippen LogP contribution in [0.15, 0.2) is 17.0 Å². The van der Waals surface area contributed by atoms with Crippen molar-refractivity contribution in [2.45, 2.75) is 17.1 Å². The molecule has 10 heteroatoms. The van der Waals surface area contributed by atoms with Crippen molar-refractivity contribution in [1.82, 2.24) is 5.32 Å². The molecule has 0 bridgehead atoms. The molecule has 0 heterocycles. The molecule has 118 valence electrons. The maximum atomic E-state index is 14.0. The zero-order valence-electron chi connectivity index (χ0n) is 11.2. The highest BCUT2D eigenvalue weighted by atomic mass is 35.5. The molecule has 2 unspecified atom stereocenters. The second kappa shape index (κ2) is 6.82. The standard InChI is InChI=1S/C11H14ClFN2O4S2/c1-6(20(2)17)5-15-11(16)8-3-7(12)4-9(10(8)13)21(14,18)19/h3-4,6H,5H2,1-2H3,(H,15,16)(H2,14,18,19). The van der Waals surface area contributed by atoms with Crippen molar-refractivity contribution in [3.8, 4) is 0 Å². The lowest BCUT2D eigenvalue weighted by Crippen LogP contribution is -2.33. The topological polar surface area (TPSA) is 106 Å². The van der Waals surface area contributed by atoms with Gasteiger partial charge in [-0.15, -0.1) is 0 Å². The molecule has 21 heavy (non-hydrogen) atoms. The van der Waals surface area contributed by atoms with Gasteiger partial charge in [-0.2, -0.15) is 0 Å². The number of primary sulfonamides is 1.